The molecule has 0 spiro atoms. The summed E-state index contributed by atoms with van der Waals surface area (Å²) in [7, 11) is 2.87. The van der Waals surface area contributed by atoms with Crippen LogP contribution in [0, 0.1) is 5.82 Å². The molecule has 0 aliphatic heterocycles. The molecule has 0 aliphatic carbocycles. The summed E-state index contributed by atoms with van der Waals surface area (Å²) in [5.41, 5.74) is -1.06. The second-order valence-corrected chi connectivity index (χ2v) is 5.89. The maximum Gasteiger partial charge on any atom is 0.416 e. The molecule has 152 valence electrons. The standard InChI is InChI=1S/C18H25F4N3O2/c1-23-17(24-10-6-4-3-5-7-16(26)27-2)25-12-13-8-9-14(19)11-15(13)18(20,21)22/h8-9,11H,3-7,10,12H2,1-2H3,(H2,23,24,25). The van der Waals surface area contributed by atoms with Crippen LogP contribution >= 0.6 is 0 Å². The summed E-state index contributed by atoms with van der Waals surface area (Å²) in [6.07, 6.45) is -0.867. The van der Waals surface area contributed by atoms with Crippen LogP contribution in [0.2, 0.25) is 0 Å². The molecule has 1 aromatic rings. The second kappa shape index (κ2) is 11.4. The highest BCUT2D eigenvalue weighted by atomic mass is 19.4. The number of aliphatic imine (C=N–C) groups is 1. The lowest BCUT2D eigenvalue weighted by Crippen LogP contribution is -2.37. The van der Waals surface area contributed by atoms with Crippen LogP contribution in [0.1, 0.15) is 43.2 Å². The van der Waals surface area contributed by atoms with E-state index in [0.29, 0.717) is 25.0 Å². The van der Waals surface area contributed by atoms with Crippen molar-refractivity contribution in [2.75, 3.05) is 20.7 Å². The number of guanidine groups is 1. The number of hydrogen-bond acceptors (Lipinski definition) is 3. The number of carbonyl (C=O) groups is 1. The number of esters is 1. The number of benzene rings is 1. The number of unbranched alkanes of at least 4 members (excludes halogenated alkanes) is 3. The van der Waals surface area contributed by atoms with Gasteiger partial charge in [-0.25, -0.2) is 4.39 Å². The van der Waals surface area contributed by atoms with Crippen LogP contribution in [0.4, 0.5) is 17.6 Å². The summed E-state index contributed by atoms with van der Waals surface area (Å²) in [5, 5.41) is 5.81. The van der Waals surface area contributed by atoms with Crippen molar-refractivity contribution in [2.45, 2.75) is 44.8 Å². The van der Waals surface area contributed by atoms with Gasteiger partial charge in [-0.15, -0.1) is 0 Å². The summed E-state index contributed by atoms with van der Waals surface area (Å²) in [4.78, 5) is 14.9. The van der Waals surface area contributed by atoms with Crippen LogP contribution in [0.25, 0.3) is 0 Å². The van der Waals surface area contributed by atoms with Crippen LogP contribution in [0.15, 0.2) is 23.2 Å². The highest BCUT2D eigenvalue weighted by molar-refractivity contribution is 5.79. The van der Waals surface area contributed by atoms with Gasteiger partial charge >= 0.3 is 12.1 Å². The van der Waals surface area contributed by atoms with Gasteiger partial charge in [-0.05, 0) is 30.5 Å². The molecule has 0 aromatic heterocycles. The second-order valence-electron chi connectivity index (χ2n) is 5.89. The summed E-state index contributed by atoms with van der Waals surface area (Å²) in [6.45, 7) is 0.460. The maximum absolute atomic E-state index is 13.1. The Balaban J connectivity index is 2.38. The Kier molecular flexibility index (Phi) is 9.60. The van der Waals surface area contributed by atoms with E-state index in [2.05, 4.69) is 20.4 Å². The number of nitrogens with one attached hydrogen (secondary N) is 2. The smallest absolute Gasteiger partial charge is 0.416 e. The predicted molar refractivity (Wildman–Crippen MR) is 94.7 cm³/mol. The number of methoxy groups -OCH3 is 1. The molecular weight excluding hydrogens is 366 g/mol. The van der Waals surface area contributed by atoms with Crippen molar-refractivity contribution >= 4 is 11.9 Å². The van der Waals surface area contributed by atoms with E-state index in [0.717, 1.165) is 37.8 Å². The van der Waals surface area contributed by atoms with E-state index in [1.54, 1.807) is 0 Å². The van der Waals surface area contributed by atoms with Crippen LogP contribution < -0.4 is 10.6 Å². The highest BCUT2D eigenvalue weighted by Crippen LogP contribution is 2.32. The quantitative estimate of drug-likeness (QED) is 0.222. The first kappa shape index (κ1) is 22.7. The molecule has 0 fully saturated rings. The van der Waals surface area contributed by atoms with Gasteiger partial charge < -0.3 is 15.4 Å². The zero-order chi connectivity index (χ0) is 20.3. The molecule has 0 saturated carbocycles. The third-order valence-corrected chi connectivity index (χ3v) is 3.87. The largest absolute Gasteiger partial charge is 0.469 e. The molecule has 0 heterocycles. The van der Waals surface area contributed by atoms with Crippen molar-refractivity contribution in [3.8, 4) is 0 Å². The fourth-order valence-corrected chi connectivity index (χ4v) is 2.42. The summed E-state index contributed by atoms with van der Waals surface area (Å²) < 4.78 is 56.6. The third-order valence-electron chi connectivity index (χ3n) is 3.87. The Labute approximate surface area is 156 Å². The topological polar surface area (TPSA) is 62.7 Å². The van der Waals surface area contributed by atoms with E-state index >= 15 is 0 Å². The van der Waals surface area contributed by atoms with Gasteiger partial charge in [-0.3, -0.25) is 9.79 Å². The minimum Gasteiger partial charge on any atom is -0.469 e. The molecule has 1 aromatic carbocycles. The van der Waals surface area contributed by atoms with Crippen molar-refractivity contribution in [1.29, 1.82) is 0 Å². The number of nitrogens with zero attached hydrogens (tertiary/aromatic N) is 1. The molecule has 9 heteroatoms. The van der Waals surface area contributed by atoms with Gasteiger partial charge in [0.2, 0.25) is 0 Å². The molecule has 5 nitrogen and oxygen atoms in total. The fraction of sp³-hybridized carbons (Fsp3) is 0.556. The first-order chi connectivity index (χ1) is 12.8. The Morgan fingerprint density at radius 1 is 1.15 bits per heavy atom. The van der Waals surface area contributed by atoms with Crippen molar-refractivity contribution in [1.82, 2.24) is 10.6 Å². The summed E-state index contributed by atoms with van der Waals surface area (Å²) in [6, 6.07) is 2.60. The molecule has 0 amide bonds. The molecule has 0 atom stereocenters. The van der Waals surface area contributed by atoms with Gasteiger partial charge in [0.05, 0.1) is 12.7 Å². The lowest BCUT2D eigenvalue weighted by Gasteiger charge is -2.16. The molecule has 27 heavy (non-hydrogen) atoms. The van der Waals surface area contributed by atoms with Crippen molar-refractivity contribution in [2.24, 2.45) is 4.99 Å². The highest BCUT2D eigenvalue weighted by Gasteiger charge is 2.33. The SMILES string of the molecule is CN=C(NCCCCCCC(=O)OC)NCc1ccc(F)cc1C(F)(F)F. The van der Waals surface area contributed by atoms with Crippen LogP contribution in [-0.4, -0.2) is 32.6 Å². The summed E-state index contributed by atoms with van der Waals surface area (Å²) >= 11 is 0. The number of halogens is 4. The molecule has 0 unspecified atom stereocenters. The van der Waals surface area contributed by atoms with E-state index in [1.807, 2.05) is 0 Å². The van der Waals surface area contributed by atoms with Crippen molar-refractivity contribution < 1.29 is 27.1 Å². The maximum atomic E-state index is 13.1. The van der Waals surface area contributed by atoms with E-state index in [9.17, 15) is 22.4 Å². The molecule has 1 rings (SSSR count). The molecule has 2 N–H and O–H groups in total. The average Bonchev–Trinajstić information content (AvgIpc) is 2.63. The van der Waals surface area contributed by atoms with Crippen molar-refractivity contribution in [3.63, 3.8) is 0 Å². The van der Waals surface area contributed by atoms with E-state index < -0.39 is 17.6 Å². The minimum absolute atomic E-state index is 0.0605. The number of hydrogen-bond donors (Lipinski definition) is 2. The van der Waals surface area contributed by atoms with Gasteiger partial charge in [-0.1, -0.05) is 18.9 Å². The predicted octanol–water partition coefficient (Wildman–Crippen LogP) is 3.63. The monoisotopic (exact) mass is 391 g/mol. The van der Waals surface area contributed by atoms with Gasteiger partial charge in [-0.2, -0.15) is 13.2 Å². The van der Waals surface area contributed by atoms with Crippen LogP contribution in [0.3, 0.4) is 0 Å². The lowest BCUT2D eigenvalue weighted by molar-refractivity contribution is -0.141. The molecule has 0 radical (unpaired) electrons. The van der Waals surface area contributed by atoms with Crippen LogP contribution in [-0.2, 0) is 22.3 Å². The molecule has 0 saturated heterocycles. The number of ether oxygens (including phenoxy) is 1. The fourth-order valence-electron chi connectivity index (χ4n) is 2.42. The molecule has 0 aliphatic rings. The Morgan fingerprint density at radius 3 is 2.48 bits per heavy atom. The Morgan fingerprint density at radius 2 is 1.85 bits per heavy atom. The van der Waals surface area contributed by atoms with Gasteiger partial charge in [0.15, 0.2) is 5.96 Å². The first-order valence-corrected chi connectivity index (χ1v) is 8.65. The van der Waals surface area contributed by atoms with Gasteiger partial charge in [0.25, 0.3) is 0 Å². The average molecular weight is 391 g/mol. The number of carbonyl (C=O) groups excluding carboxylic acids is 1. The number of rotatable bonds is 9. The zero-order valence-electron chi connectivity index (χ0n) is 15.5. The number of alkyl halides is 3. The third kappa shape index (κ3) is 8.74. The normalized spacial score (nSPS) is 12.0. The van der Waals surface area contributed by atoms with Crippen molar-refractivity contribution in [3.05, 3.63) is 35.1 Å². The molecule has 0 bridgehead atoms. The van der Waals surface area contributed by atoms with Crippen LogP contribution in [0.5, 0.6) is 0 Å². The van der Waals surface area contributed by atoms with Gasteiger partial charge in [0, 0.05) is 26.6 Å². The van der Waals surface area contributed by atoms with E-state index in [4.69, 9.17) is 0 Å². The summed E-state index contributed by atoms with van der Waals surface area (Å²) in [5.74, 6) is -0.792. The minimum atomic E-state index is -4.62. The Hall–Kier alpha value is -2.32. The van der Waals surface area contributed by atoms with Gasteiger partial charge in [0.1, 0.15) is 5.82 Å². The molecular formula is C18H25F4N3O2. The first-order valence-electron chi connectivity index (χ1n) is 8.65. The van der Waals surface area contributed by atoms with E-state index in [-0.39, 0.29) is 18.1 Å². The van der Waals surface area contributed by atoms with E-state index in [1.165, 1.54) is 14.2 Å². The zero-order valence-corrected chi connectivity index (χ0v) is 15.5. The lowest BCUT2D eigenvalue weighted by atomic mass is 10.1. The Bertz CT molecular complexity index is 634.